The molecule has 27 heavy (non-hydrogen) atoms. The summed E-state index contributed by atoms with van der Waals surface area (Å²) in [4.78, 5) is 0. The molecule has 1 heterocycles. The van der Waals surface area contributed by atoms with E-state index in [0.717, 1.165) is 19.3 Å². The molecule has 10 heteroatoms. The predicted molar refractivity (Wildman–Crippen MR) is 115 cm³/mol. The second-order valence-electron chi connectivity index (χ2n) is 6.78. The molecule has 3 N–H and O–H groups in total. The Morgan fingerprint density at radius 3 is 2.04 bits per heavy atom. The van der Waals surface area contributed by atoms with Gasteiger partial charge in [-0.25, -0.2) is 0 Å². The predicted octanol–water partition coefficient (Wildman–Crippen LogP) is 1.96. The average molecular weight is 428 g/mol. The van der Waals surface area contributed by atoms with Gasteiger partial charge in [-0.3, -0.25) is 10.9 Å². The molecular weight excluding hydrogens is 387 g/mol. The zero-order valence-corrected chi connectivity index (χ0v) is 19.7. The molecule has 0 bridgehead atoms. The van der Waals surface area contributed by atoms with Crippen molar-refractivity contribution in [3.05, 3.63) is 0 Å². The summed E-state index contributed by atoms with van der Waals surface area (Å²) in [7, 11) is -1.36. The Kier molecular flexibility index (Phi) is 15.4. The third kappa shape index (κ3) is 9.60. The second kappa shape index (κ2) is 15.2. The first-order valence-corrected chi connectivity index (χ1v) is 14.2. The molecule has 164 valence electrons. The van der Waals surface area contributed by atoms with Crippen molar-refractivity contribution in [1.29, 1.82) is 0 Å². The van der Waals surface area contributed by atoms with Crippen molar-refractivity contribution in [2.75, 3.05) is 44.7 Å². The van der Waals surface area contributed by atoms with Crippen LogP contribution in [0.5, 0.6) is 0 Å². The summed E-state index contributed by atoms with van der Waals surface area (Å²) < 4.78 is 21.5. The first-order valence-electron chi connectivity index (χ1n) is 9.96. The number of hydrogen-bond acceptors (Lipinski definition) is 7. The average Bonchev–Trinajstić information content (AvgIpc) is 2.66. The minimum Gasteiger partial charge on any atom is -0.402 e. The maximum Gasteiger partial charge on any atom is 0.635 e. The van der Waals surface area contributed by atoms with Gasteiger partial charge in [0.15, 0.2) is 0 Å². The molecule has 1 unspecified atom stereocenters. The molecular formula is C17H41BO7SSi. The van der Waals surface area contributed by atoms with Gasteiger partial charge in [-0.1, -0.05) is 13.8 Å². The first-order chi connectivity index (χ1) is 12.8. The molecule has 0 aromatic rings. The molecule has 1 aliphatic rings. The summed E-state index contributed by atoms with van der Waals surface area (Å²) in [5, 5.41) is 26.6. The van der Waals surface area contributed by atoms with Crippen molar-refractivity contribution in [1.82, 2.24) is 0 Å². The van der Waals surface area contributed by atoms with E-state index in [-0.39, 0.29) is 10.9 Å². The molecule has 0 saturated carbocycles. The van der Waals surface area contributed by atoms with E-state index >= 15 is 0 Å². The Balaban J connectivity index is 0.000000541. The topological polar surface area (TPSA) is 97.6 Å². The Bertz CT molecular complexity index is 350. The fourth-order valence-corrected chi connectivity index (χ4v) is 7.78. The van der Waals surface area contributed by atoms with Gasteiger partial charge in [0.05, 0.1) is 0 Å². The van der Waals surface area contributed by atoms with E-state index in [9.17, 15) is 0 Å². The highest BCUT2D eigenvalue weighted by molar-refractivity contribution is 8.17. The highest BCUT2D eigenvalue weighted by atomic mass is 32.2. The minimum absolute atomic E-state index is 0.273. The zero-order chi connectivity index (χ0) is 20.8. The zero-order valence-electron chi connectivity index (χ0n) is 17.8. The van der Waals surface area contributed by atoms with Crippen molar-refractivity contribution in [2.24, 2.45) is 0 Å². The van der Waals surface area contributed by atoms with E-state index in [0.29, 0.717) is 19.6 Å². The highest BCUT2D eigenvalue weighted by Gasteiger charge is 2.58. The van der Waals surface area contributed by atoms with Crippen LogP contribution in [0.25, 0.3) is 0 Å². The van der Waals surface area contributed by atoms with Crippen molar-refractivity contribution in [2.45, 2.75) is 64.3 Å². The van der Waals surface area contributed by atoms with E-state index in [2.05, 4.69) is 13.8 Å². The number of ether oxygens (including phenoxy) is 1. The van der Waals surface area contributed by atoms with Crippen LogP contribution in [0.3, 0.4) is 0 Å². The summed E-state index contributed by atoms with van der Waals surface area (Å²) in [6.07, 6.45) is 5.99. The standard InChI is InChI=1S/C9H22OS.C8H19BO6Si/c1-3-7-11(8-4-2)9-5-6-10;1-12-16(3,13-2)8(15-9(10)11)6-4-5-7-14-8/h10-11H,3-9H2,1-2H3;10-11H,4-7H2,1-3H3. The number of aliphatic hydroxyl groups is 1. The molecule has 0 radical (unpaired) electrons. The number of thiol groups is 1. The van der Waals surface area contributed by atoms with Gasteiger partial charge in [0.25, 0.3) is 0 Å². The van der Waals surface area contributed by atoms with Crippen molar-refractivity contribution < 1.29 is 33.4 Å². The quantitative estimate of drug-likeness (QED) is 0.279. The van der Waals surface area contributed by atoms with E-state index in [4.69, 9.17) is 33.4 Å². The van der Waals surface area contributed by atoms with Crippen LogP contribution in [-0.4, -0.2) is 81.1 Å². The van der Waals surface area contributed by atoms with Crippen LogP contribution in [0, 0.1) is 0 Å². The SMILES string of the molecule is CCC[SH](CCC)CCCO.CO[Si](C)(OC)C1(OB(O)O)CCCCO1. The lowest BCUT2D eigenvalue weighted by molar-refractivity contribution is -0.188. The molecule has 0 aromatic heterocycles. The normalized spacial score (nSPS) is 20.7. The highest BCUT2D eigenvalue weighted by Crippen LogP contribution is 2.36. The Morgan fingerprint density at radius 1 is 1.07 bits per heavy atom. The maximum atomic E-state index is 8.99. The minimum atomic E-state index is -2.77. The molecule has 1 fully saturated rings. The third-order valence-corrected chi connectivity index (χ3v) is 11.3. The van der Waals surface area contributed by atoms with E-state index in [1.165, 1.54) is 44.3 Å². The Morgan fingerprint density at radius 2 is 1.67 bits per heavy atom. The van der Waals surface area contributed by atoms with E-state index in [1.54, 1.807) is 6.55 Å². The molecule has 7 nitrogen and oxygen atoms in total. The second-order valence-corrected chi connectivity index (χ2v) is 12.9. The van der Waals surface area contributed by atoms with Crippen molar-refractivity contribution >= 4 is 26.8 Å². The van der Waals surface area contributed by atoms with Gasteiger partial charge in [0.2, 0.25) is 5.41 Å². The molecule has 1 atom stereocenters. The van der Waals surface area contributed by atoms with Gasteiger partial charge < -0.3 is 33.4 Å². The van der Waals surface area contributed by atoms with E-state index < -0.39 is 21.3 Å². The third-order valence-electron chi connectivity index (χ3n) is 4.71. The monoisotopic (exact) mass is 428 g/mol. The Labute approximate surface area is 169 Å². The summed E-state index contributed by atoms with van der Waals surface area (Å²) in [6, 6.07) is 0. The van der Waals surface area contributed by atoms with Crippen LogP contribution in [0.4, 0.5) is 0 Å². The van der Waals surface area contributed by atoms with Gasteiger partial charge >= 0.3 is 15.9 Å². The van der Waals surface area contributed by atoms with Crippen molar-refractivity contribution in [3.63, 3.8) is 0 Å². The largest absolute Gasteiger partial charge is 0.635 e. The number of aliphatic hydroxyl groups excluding tert-OH is 1. The molecule has 1 saturated heterocycles. The maximum absolute atomic E-state index is 8.99. The van der Waals surface area contributed by atoms with Crippen LogP contribution in [0.15, 0.2) is 0 Å². The molecule has 0 spiro atoms. The summed E-state index contributed by atoms with van der Waals surface area (Å²) in [5.74, 6) is 4.10. The smallest absolute Gasteiger partial charge is 0.402 e. The van der Waals surface area contributed by atoms with E-state index in [1.807, 2.05) is 0 Å². The first kappa shape index (κ1) is 27.4. The summed E-state index contributed by atoms with van der Waals surface area (Å²) in [5.41, 5.74) is -1.15. The molecule has 1 aliphatic heterocycles. The molecule has 0 amide bonds. The van der Waals surface area contributed by atoms with Crippen LogP contribution >= 0.6 is 10.9 Å². The molecule has 0 aromatic carbocycles. The summed E-state index contributed by atoms with van der Waals surface area (Å²) >= 11 is 0. The lowest BCUT2D eigenvalue weighted by Crippen LogP contribution is -2.65. The Hall–Kier alpha value is 0.352. The van der Waals surface area contributed by atoms with Gasteiger partial charge in [-0.15, -0.1) is 0 Å². The van der Waals surface area contributed by atoms with Crippen LogP contribution in [0.2, 0.25) is 6.55 Å². The molecule has 1 rings (SSSR count). The van der Waals surface area contributed by atoms with Gasteiger partial charge in [0, 0.05) is 33.9 Å². The molecule has 0 aliphatic carbocycles. The van der Waals surface area contributed by atoms with Gasteiger partial charge in [-0.05, 0) is 55.9 Å². The van der Waals surface area contributed by atoms with Gasteiger partial charge in [-0.2, -0.15) is 0 Å². The van der Waals surface area contributed by atoms with Crippen LogP contribution in [0.1, 0.15) is 52.4 Å². The lowest BCUT2D eigenvalue weighted by atomic mass is 10.1. The van der Waals surface area contributed by atoms with Crippen LogP contribution in [-0.2, 0) is 18.2 Å². The fourth-order valence-electron chi connectivity index (χ4n) is 3.15. The van der Waals surface area contributed by atoms with Gasteiger partial charge in [0.1, 0.15) is 0 Å². The van der Waals surface area contributed by atoms with Crippen molar-refractivity contribution in [3.8, 4) is 0 Å². The number of rotatable bonds is 12. The number of hydrogen-bond donors (Lipinski definition) is 4. The lowest BCUT2D eigenvalue weighted by Gasteiger charge is -2.45. The fraction of sp³-hybridized carbons (Fsp3) is 1.00. The summed E-state index contributed by atoms with van der Waals surface area (Å²) in [6.45, 7) is 7.17. The van der Waals surface area contributed by atoms with Crippen LogP contribution < -0.4 is 0 Å².